The standard InChI is InChI=1S/C10H9BrO3/c11-7-1-2-9(10(12)13)6(3-7)4-8-5-14-8/h1-3,8H,4-5H2,(H,12,13)/p-1. The fourth-order valence-electron chi connectivity index (χ4n) is 1.36. The van der Waals surface area contributed by atoms with Gasteiger partial charge in [0.2, 0.25) is 0 Å². The van der Waals surface area contributed by atoms with E-state index in [1.165, 1.54) is 0 Å². The normalized spacial score (nSPS) is 19.4. The van der Waals surface area contributed by atoms with Crippen LogP contribution < -0.4 is 5.11 Å². The highest BCUT2D eigenvalue weighted by atomic mass is 79.9. The molecule has 0 radical (unpaired) electrons. The molecule has 0 N–H and O–H groups in total. The molecular formula is C10H8BrO3-. The number of carbonyl (C=O) groups excluding carboxylic acids is 1. The van der Waals surface area contributed by atoms with Crippen molar-refractivity contribution >= 4 is 21.9 Å². The van der Waals surface area contributed by atoms with Gasteiger partial charge in [0.25, 0.3) is 0 Å². The smallest absolute Gasteiger partial charge is 0.0850 e. The van der Waals surface area contributed by atoms with Crippen molar-refractivity contribution in [1.29, 1.82) is 0 Å². The molecule has 1 aromatic carbocycles. The Morgan fingerprint density at radius 1 is 1.64 bits per heavy atom. The van der Waals surface area contributed by atoms with E-state index in [2.05, 4.69) is 15.9 Å². The largest absolute Gasteiger partial charge is 0.545 e. The molecule has 0 aliphatic carbocycles. The number of halogens is 1. The van der Waals surface area contributed by atoms with Crippen molar-refractivity contribution in [1.82, 2.24) is 0 Å². The molecule has 1 fully saturated rings. The minimum absolute atomic E-state index is 0.183. The second kappa shape index (κ2) is 3.71. The zero-order valence-electron chi connectivity index (χ0n) is 7.33. The van der Waals surface area contributed by atoms with E-state index in [0.717, 1.165) is 16.6 Å². The molecule has 0 amide bonds. The quantitative estimate of drug-likeness (QED) is 0.750. The van der Waals surface area contributed by atoms with Crippen LogP contribution >= 0.6 is 15.9 Å². The van der Waals surface area contributed by atoms with Crippen LogP contribution in [0, 0.1) is 0 Å². The highest BCUT2D eigenvalue weighted by molar-refractivity contribution is 9.10. The van der Waals surface area contributed by atoms with Crippen LogP contribution in [0.3, 0.4) is 0 Å². The fourth-order valence-corrected chi connectivity index (χ4v) is 1.77. The number of benzene rings is 1. The average Bonchev–Trinajstić information content (AvgIpc) is 2.87. The highest BCUT2D eigenvalue weighted by Gasteiger charge is 2.23. The summed E-state index contributed by atoms with van der Waals surface area (Å²) in [6.07, 6.45) is 0.824. The lowest BCUT2D eigenvalue weighted by Gasteiger charge is -2.09. The van der Waals surface area contributed by atoms with Crippen LogP contribution in [0.2, 0.25) is 0 Å². The maximum atomic E-state index is 10.8. The summed E-state index contributed by atoms with van der Waals surface area (Å²) in [7, 11) is 0. The molecule has 1 aliphatic heterocycles. The Morgan fingerprint density at radius 2 is 2.36 bits per heavy atom. The van der Waals surface area contributed by atoms with Gasteiger partial charge in [-0.15, -0.1) is 0 Å². The van der Waals surface area contributed by atoms with E-state index in [4.69, 9.17) is 4.74 Å². The third kappa shape index (κ3) is 2.13. The molecule has 1 heterocycles. The van der Waals surface area contributed by atoms with Crippen molar-refractivity contribution < 1.29 is 14.6 Å². The molecular weight excluding hydrogens is 248 g/mol. The molecule has 14 heavy (non-hydrogen) atoms. The summed E-state index contributed by atoms with van der Waals surface area (Å²) in [6, 6.07) is 5.05. The molecule has 1 saturated heterocycles. The van der Waals surface area contributed by atoms with Gasteiger partial charge in [0, 0.05) is 16.5 Å². The van der Waals surface area contributed by atoms with Gasteiger partial charge in [0.05, 0.1) is 18.7 Å². The van der Waals surface area contributed by atoms with Crippen molar-refractivity contribution in [3.8, 4) is 0 Å². The first-order chi connectivity index (χ1) is 6.66. The molecule has 0 bridgehead atoms. The monoisotopic (exact) mass is 255 g/mol. The number of epoxide rings is 1. The van der Waals surface area contributed by atoms with Crippen LogP contribution in [-0.2, 0) is 11.2 Å². The van der Waals surface area contributed by atoms with Gasteiger partial charge in [0.15, 0.2) is 0 Å². The van der Waals surface area contributed by atoms with Crippen molar-refractivity contribution in [2.45, 2.75) is 12.5 Å². The van der Waals surface area contributed by atoms with Crippen molar-refractivity contribution in [2.75, 3.05) is 6.61 Å². The van der Waals surface area contributed by atoms with Gasteiger partial charge in [-0.2, -0.15) is 0 Å². The first-order valence-electron chi connectivity index (χ1n) is 4.28. The van der Waals surface area contributed by atoms with Gasteiger partial charge in [-0.3, -0.25) is 0 Å². The summed E-state index contributed by atoms with van der Waals surface area (Å²) in [6.45, 7) is 0.721. The zero-order chi connectivity index (χ0) is 10.1. The van der Waals surface area contributed by atoms with Crippen LogP contribution in [-0.4, -0.2) is 18.7 Å². The zero-order valence-corrected chi connectivity index (χ0v) is 8.91. The van der Waals surface area contributed by atoms with Gasteiger partial charge in [-0.05, 0) is 17.7 Å². The van der Waals surface area contributed by atoms with E-state index in [0.29, 0.717) is 6.42 Å². The topological polar surface area (TPSA) is 52.7 Å². The summed E-state index contributed by atoms with van der Waals surface area (Å²) in [5.74, 6) is -1.13. The molecule has 1 aliphatic rings. The molecule has 2 rings (SSSR count). The Kier molecular flexibility index (Phi) is 2.56. The van der Waals surface area contributed by atoms with E-state index in [9.17, 15) is 9.90 Å². The lowest BCUT2D eigenvalue weighted by Crippen LogP contribution is -2.24. The first kappa shape index (κ1) is 9.68. The molecule has 0 spiro atoms. The van der Waals surface area contributed by atoms with E-state index in [-0.39, 0.29) is 11.7 Å². The number of carbonyl (C=O) groups is 1. The number of ether oxygens (including phenoxy) is 1. The van der Waals surface area contributed by atoms with Crippen LogP contribution in [0.5, 0.6) is 0 Å². The molecule has 0 aromatic heterocycles. The Balaban J connectivity index is 2.31. The number of hydrogen-bond donors (Lipinski definition) is 0. The Labute approximate surface area is 89.8 Å². The van der Waals surface area contributed by atoms with Gasteiger partial charge in [-0.1, -0.05) is 22.0 Å². The fraction of sp³-hybridized carbons (Fsp3) is 0.300. The Hall–Kier alpha value is -0.870. The van der Waals surface area contributed by atoms with Gasteiger partial charge < -0.3 is 14.6 Å². The maximum Gasteiger partial charge on any atom is 0.0850 e. The minimum atomic E-state index is -1.13. The number of aromatic carboxylic acids is 1. The average molecular weight is 256 g/mol. The van der Waals surface area contributed by atoms with E-state index < -0.39 is 5.97 Å². The Morgan fingerprint density at radius 3 is 2.93 bits per heavy atom. The molecule has 1 aromatic rings. The number of carboxylic acid groups (broad SMARTS) is 1. The Bertz CT molecular complexity index is 372. The molecule has 0 saturated carbocycles. The summed E-state index contributed by atoms with van der Waals surface area (Å²) in [5, 5.41) is 10.8. The number of carboxylic acids is 1. The predicted octanol–water partition coefficient (Wildman–Crippen LogP) is 0.754. The van der Waals surface area contributed by atoms with Gasteiger partial charge in [-0.25, -0.2) is 0 Å². The molecule has 3 nitrogen and oxygen atoms in total. The lowest BCUT2D eigenvalue weighted by molar-refractivity contribution is -0.255. The SMILES string of the molecule is O=C([O-])c1ccc(Br)cc1CC1CO1. The van der Waals surface area contributed by atoms with Crippen LogP contribution in [0.4, 0.5) is 0 Å². The van der Waals surface area contributed by atoms with Gasteiger partial charge >= 0.3 is 0 Å². The maximum absolute atomic E-state index is 10.8. The summed E-state index contributed by atoms with van der Waals surface area (Å²) in [5.41, 5.74) is 1.02. The predicted molar refractivity (Wildman–Crippen MR) is 51.9 cm³/mol. The molecule has 74 valence electrons. The molecule has 1 atom stereocenters. The second-order valence-electron chi connectivity index (χ2n) is 3.25. The van der Waals surface area contributed by atoms with Crippen molar-refractivity contribution in [3.63, 3.8) is 0 Å². The van der Waals surface area contributed by atoms with Crippen molar-refractivity contribution in [2.24, 2.45) is 0 Å². The second-order valence-corrected chi connectivity index (χ2v) is 4.16. The third-order valence-electron chi connectivity index (χ3n) is 2.14. The van der Waals surface area contributed by atoms with Crippen LogP contribution in [0.15, 0.2) is 22.7 Å². The summed E-state index contributed by atoms with van der Waals surface area (Å²) in [4.78, 5) is 10.8. The number of rotatable bonds is 3. The first-order valence-corrected chi connectivity index (χ1v) is 5.07. The summed E-state index contributed by atoms with van der Waals surface area (Å²) < 4.78 is 5.93. The lowest BCUT2D eigenvalue weighted by atomic mass is 10.0. The summed E-state index contributed by atoms with van der Waals surface area (Å²) >= 11 is 3.30. The minimum Gasteiger partial charge on any atom is -0.545 e. The van der Waals surface area contributed by atoms with E-state index in [1.807, 2.05) is 0 Å². The van der Waals surface area contributed by atoms with Crippen LogP contribution in [0.25, 0.3) is 0 Å². The van der Waals surface area contributed by atoms with Crippen molar-refractivity contribution in [3.05, 3.63) is 33.8 Å². The van der Waals surface area contributed by atoms with E-state index in [1.54, 1.807) is 18.2 Å². The molecule has 4 heteroatoms. The number of hydrogen-bond acceptors (Lipinski definition) is 3. The van der Waals surface area contributed by atoms with E-state index >= 15 is 0 Å². The van der Waals surface area contributed by atoms with Crippen LogP contribution in [0.1, 0.15) is 15.9 Å². The molecule has 1 unspecified atom stereocenters. The highest BCUT2D eigenvalue weighted by Crippen LogP contribution is 2.22. The van der Waals surface area contributed by atoms with Gasteiger partial charge in [0.1, 0.15) is 0 Å². The third-order valence-corrected chi connectivity index (χ3v) is 2.63.